The average molecular weight is 272 g/mol. The lowest BCUT2D eigenvalue weighted by Gasteiger charge is -2.22. The van der Waals surface area contributed by atoms with Crippen molar-refractivity contribution in [1.82, 2.24) is 0 Å². The molecule has 20 heavy (non-hydrogen) atoms. The summed E-state index contributed by atoms with van der Waals surface area (Å²) in [6.07, 6.45) is 12.2. The molecule has 3 rings (SSSR count). The van der Waals surface area contributed by atoms with Crippen LogP contribution in [0.2, 0.25) is 0 Å². The third kappa shape index (κ3) is 1.68. The van der Waals surface area contributed by atoms with Gasteiger partial charge in [0.1, 0.15) is 0 Å². The molecule has 0 spiro atoms. The van der Waals surface area contributed by atoms with Gasteiger partial charge in [0.25, 0.3) is 0 Å². The largest absolute Gasteiger partial charge is 0.466 e. The Morgan fingerprint density at radius 3 is 1.70 bits per heavy atom. The Hall–Kier alpha value is -2.10. The topological polar surface area (TPSA) is 52.6 Å². The molecule has 0 aromatic carbocycles. The van der Waals surface area contributed by atoms with Gasteiger partial charge < -0.3 is 9.47 Å². The fourth-order valence-corrected chi connectivity index (χ4v) is 3.55. The van der Waals surface area contributed by atoms with E-state index >= 15 is 0 Å². The van der Waals surface area contributed by atoms with Gasteiger partial charge in [0.05, 0.1) is 25.4 Å². The molecule has 104 valence electrons. The molecule has 0 aromatic rings. The standard InChI is InChI=1S/C16H16O4/c1-19-15(17)13-10-7-8-11(14(13)16(18)20-2)12(10)9-5-3-4-6-9/h3-12H,1-2H3/t10-,11+,12?. The van der Waals surface area contributed by atoms with Crippen molar-refractivity contribution < 1.29 is 19.1 Å². The van der Waals surface area contributed by atoms with Crippen molar-refractivity contribution in [2.45, 2.75) is 0 Å². The van der Waals surface area contributed by atoms with Crippen molar-refractivity contribution in [1.29, 1.82) is 0 Å². The van der Waals surface area contributed by atoms with Gasteiger partial charge in [-0.15, -0.1) is 0 Å². The zero-order valence-electron chi connectivity index (χ0n) is 11.4. The van der Waals surface area contributed by atoms with Crippen LogP contribution in [0.15, 0.2) is 47.6 Å². The number of fused-ring (bicyclic) bond motifs is 2. The van der Waals surface area contributed by atoms with E-state index in [0.717, 1.165) is 0 Å². The quantitative estimate of drug-likeness (QED) is 0.580. The summed E-state index contributed by atoms with van der Waals surface area (Å²) in [7, 11) is 2.68. The smallest absolute Gasteiger partial charge is 0.334 e. The highest BCUT2D eigenvalue weighted by atomic mass is 16.5. The number of ether oxygens (including phenoxy) is 2. The number of carbonyl (C=O) groups excluding carboxylic acids is 2. The molecule has 1 unspecified atom stereocenters. The van der Waals surface area contributed by atoms with E-state index in [-0.39, 0.29) is 23.7 Å². The SMILES string of the molecule is COC(=O)C1=C(C(=O)OC)[C@@H]2C=C[C@H]1C2C1C=CC=C1. The molecule has 4 nitrogen and oxygen atoms in total. The number of hydrogen-bond acceptors (Lipinski definition) is 4. The summed E-state index contributed by atoms with van der Waals surface area (Å²) in [6, 6.07) is 0. The Balaban J connectivity index is 2.01. The van der Waals surface area contributed by atoms with Gasteiger partial charge in [-0.1, -0.05) is 36.5 Å². The number of esters is 2. The van der Waals surface area contributed by atoms with Crippen molar-refractivity contribution in [2.24, 2.45) is 23.7 Å². The first-order valence-electron chi connectivity index (χ1n) is 6.63. The summed E-state index contributed by atoms with van der Waals surface area (Å²) in [4.78, 5) is 24.1. The Kier molecular flexibility index (Phi) is 3.08. The second kappa shape index (κ2) is 4.78. The lowest BCUT2D eigenvalue weighted by Crippen LogP contribution is -2.20. The van der Waals surface area contributed by atoms with E-state index in [9.17, 15) is 9.59 Å². The summed E-state index contributed by atoms with van der Waals surface area (Å²) >= 11 is 0. The van der Waals surface area contributed by atoms with Gasteiger partial charge in [-0.3, -0.25) is 0 Å². The van der Waals surface area contributed by atoms with Crippen LogP contribution in [-0.4, -0.2) is 26.2 Å². The first kappa shape index (κ1) is 12.9. The fraction of sp³-hybridized carbons (Fsp3) is 0.375. The third-order valence-corrected chi connectivity index (χ3v) is 4.34. The van der Waals surface area contributed by atoms with Gasteiger partial charge in [-0.2, -0.15) is 0 Å². The molecule has 3 aliphatic rings. The zero-order valence-corrected chi connectivity index (χ0v) is 11.4. The minimum atomic E-state index is -0.432. The zero-order chi connectivity index (χ0) is 14.3. The van der Waals surface area contributed by atoms with E-state index < -0.39 is 11.9 Å². The number of carbonyl (C=O) groups is 2. The monoisotopic (exact) mass is 272 g/mol. The van der Waals surface area contributed by atoms with Crippen LogP contribution in [0.1, 0.15) is 0 Å². The highest BCUT2D eigenvalue weighted by molar-refractivity contribution is 6.03. The normalized spacial score (nSPS) is 30.4. The Bertz CT molecular complexity index is 531. The summed E-state index contributed by atoms with van der Waals surface area (Å²) in [6.45, 7) is 0. The maximum Gasteiger partial charge on any atom is 0.334 e. The molecule has 0 saturated heterocycles. The summed E-state index contributed by atoms with van der Waals surface area (Å²) < 4.78 is 9.70. The molecule has 3 atom stereocenters. The van der Waals surface area contributed by atoms with E-state index in [0.29, 0.717) is 11.1 Å². The van der Waals surface area contributed by atoms with E-state index in [1.165, 1.54) is 14.2 Å². The average Bonchev–Trinajstić information content (AvgIpc) is 3.17. The lowest BCUT2D eigenvalue weighted by molar-refractivity contribution is -0.139. The first-order valence-corrected chi connectivity index (χ1v) is 6.63. The molecular formula is C16H16O4. The van der Waals surface area contributed by atoms with Crippen molar-refractivity contribution >= 4 is 11.9 Å². The minimum Gasteiger partial charge on any atom is -0.466 e. The maximum absolute atomic E-state index is 12.0. The predicted molar refractivity (Wildman–Crippen MR) is 72.4 cm³/mol. The Morgan fingerprint density at radius 2 is 1.30 bits per heavy atom. The van der Waals surface area contributed by atoms with Crippen LogP contribution in [0.4, 0.5) is 0 Å². The van der Waals surface area contributed by atoms with Crippen LogP contribution in [0.3, 0.4) is 0 Å². The first-order chi connectivity index (χ1) is 9.69. The Morgan fingerprint density at radius 1 is 0.850 bits per heavy atom. The number of hydrogen-bond donors (Lipinski definition) is 0. The van der Waals surface area contributed by atoms with Crippen LogP contribution in [0.25, 0.3) is 0 Å². The summed E-state index contributed by atoms with van der Waals surface area (Å²) in [5.41, 5.74) is 0.927. The van der Waals surface area contributed by atoms with Crippen LogP contribution >= 0.6 is 0 Å². The van der Waals surface area contributed by atoms with Crippen LogP contribution in [-0.2, 0) is 19.1 Å². The molecule has 0 radical (unpaired) electrons. The number of allylic oxidation sites excluding steroid dienone is 6. The maximum atomic E-state index is 12.0. The molecule has 3 aliphatic carbocycles. The van der Waals surface area contributed by atoms with E-state index in [4.69, 9.17) is 9.47 Å². The van der Waals surface area contributed by atoms with Gasteiger partial charge in [0.2, 0.25) is 0 Å². The highest BCUT2D eigenvalue weighted by Crippen LogP contribution is 2.53. The molecule has 0 N–H and O–H groups in total. The van der Waals surface area contributed by atoms with E-state index in [1.807, 2.05) is 24.3 Å². The molecule has 0 amide bonds. The minimum absolute atomic E-state index is 0.0704. The third-order valence-electron chi connectivity index (χ3n) is 4.34. The highest BCUT2D eigenvalue weighted by Gasteiger charge is 2.51. The Labute approximate surface area is 117 Å². The van der Waals surface area contributed by atoms with Crippen molar-refractivity contribution in [3.8, 4) is 0 Å². The van der Waals surface area contributed by atoms with Gasteiger partial charge in [-0.05, 0) is 11.8 Å². The molecule has 0 saturated carbocycles. The van der Waals surface area contributed by atoms with Crippen LogP contribution in [0, 0.1) is 23.7 Å². The van der Waals surface area contributed by atoms with Gasteiger partial charge >= 0.3 is 11.9 Å². The van der Waals surface area contributed by atoms with Crippen molar-refractivity contribution in [2.75, 3.05) is 14.2 Å². The molecule has 4 heteroatoms. The number of methoxy groups -OCH3 is 2. The van der Waals surface area contributed by atoms with E-state index in [1.54, 1.807) is 0 Å². The van der Waals surface area contributed by atoms with Gasteiger partial charge in [0, 0.05) is 11.8 Å². The molecule has 0 aliphatic heterocycles. The molecule has 0 heterocycles. The fourth-order valence-electron chi connectivity index (χ4n) is 3.55. The molecule has 0 fully saturated rings. The van der Waals surface area contributed by atoms with Crippen LogP contribution in [0.5, 0.6) is 0 Å². The van der Waals surface area contributed by atoms with Crippen molar-refractivity contribution in [3.63, 3.8) is 0 Å². The van der Waals surface area contributed by atoms with Gasteiger partial charge in [0.15, 0.2) is 0 Å². The number of rotatable bonds is 3. The summed E-state index contributed by atoms with van der Waals surface area (Å²) in [5, 5.41) is 0. The van der Waals surface area contributed by atoms with E-state index in [2.05, 4.69) is 12.2 Å². The molecule has 0 aromatic heterocycles. The molecular weight excluding hydrogens is 256 g/mol. The molecule has 2 bridgehead atoms. The van der Waals surface area contributed by atoms with Crippen molar-refractivity contribution in [3.05, 3.63) is 47.6 Å². The van der Waals surface area contributed by atoms with Gasteiger partial charge in [-0.25, -0.2) is 9.59 Å². The second-order valence-electron chi connectivity index (χ2n) is 5.17. The second-order valence-corrected chi connectivity index (χ2v) is 5.17. The van der Waals surface area contributed by atoms with Crippen LogP contribution < -0.4 is 0 Å². The lowest BCUT2D eigenvalue weighted by atomic mass is 9.81. The predicted octanol–water partition coefficient (Wildman–Crippen LogP) is 1.80. The summed E-state index contributed by atoms with van der Waals surface area (Å²) in [5.74, 6) is -0.593.